The molecule has 0 bridgehead atoms. The molecule has 0 unspecified atom stereocenters. The van der Waals surface area contributed by atoms with Gasteiger partial charge < -0.3 is 9.88 Å². The third-order valence-corrected chi connectivity index (χ3v) is 3.16. The van der Waals surface area contributed by atoms with Gasteiger partial charge in [0.1, 0.15) is 0 Å². The summed E-state index contributed by atoms with van der Waals surface area (Å²) in [5.74, 6) is 0.561. The molecular weight excluding hydrogens is 279 g/mol. The zero-order valence-electron chi connectivity index (χ0n) is 12.3. The van der Waals surface area contributed by atoms with E-state index in [4.69, 9.17) is 0 Å². The Balaban J connectivity index is 2.32. The van der Waals surface area contributed by atoms with Gasteiger partial charge in [-0.25, -0.2) is 4.98 Å². The highest BCUT2D eigenvalue weighted by molar-refractivity contribution is 5.57. The Labute approximate surface area is 121 Å². The van der Waals surface area contributed by atoms with Crippen molar-refractivity contribution in [3.8, 4) is 0 Å². The van der Waals surface area contributed by atoms with Crippen LogP contribution in [0.25, 0.3) is 0 Å². The number of benzene rings is 1. The standard InChI is InChI=1S/C15H18F3N3/c1-4-7-21-9-11(3)19-14(21)20-12-6-5-10(2)13(8-12)15(16,17)18/h5-6,8-9H,4,7H2,1-3H3,(H,19,20). The number of hydrogen-bond donors (Lipinski definition) is 1. The summed E-state index contributed by atoms with van der Waals surface area (Å²) in [4.78, 5) is 4.31. The van der Waals surface area contributed by atoms with Crippen LogP contribution in [0.2, 0.25) is 0 Å². The molecule has 0 saturated heterocycles. The number of alkyl halides is 3. The third-order valence-electron chi connectivity index (χ3n) is 3.16. The zero-order chi connectivity index (χ0) is 15.6. The Kier molecular flexibility index (Phi) is 4.25. The highest BCUT2D eigenvalue weighted by Crippen LogP contribution is 2.34. The quantitative estimate of drug-likeness (QED) is 0.888. The number of halogens is 3. The van der Waals surface area contributed by atoms with E-state index in [0.717, 1.165) is 24.7 Å². The highest BCUT2D eigenvalue weighted by atomic mass is 19.4. The second kappa shape index (κ2) is 5.79. The number of imidazole rings is 1. The fraction of sp³-hybridized carbons (Fsp3) is 0.400. The normalized spacial score (nSPS) is 11.7. The predicted molar refractivity (Wildman–Crippen MR) is 76.7 cm³/mol. The third kappa shape index (κ3) is 3.56. The van der Waals surface area contributed by atoms with Crippen LogP contribution in [0.15, 0.2) is 24.4 Å². The molecule has 0 spiro atoms. The van der Waals surface area contributed by atoms with E-state index in [0.29, 0.717) is 11.6 Å². The van der Waals surface area contributed by atoms with Crippen molar-refractivity contribution in [3.05, 3.63) is 41.2 Å². The predicted octanol–water partition coefficient (Wildman–Crippen LogP) is 4.67. The van der Waals surface area contributed by atoms with Crippen molar-refractivity contribution in [2.24, 2.45) is 0 Å². The van der Waals surface area contributed by atoms with Crippen LogP contribution in [-0.4, -0.2) is 9.55 Å². The van der Waals surface area contributed by atoms with Gasteiger partial charge in [-0.15, -0.1) is 0 Å². The molecule has 6 heteroatoms. The number of nitrogens with zero attached hydrogens (tertiary/aromatic N) is 2. The molecule has 1 heterocycles. The minimum absolute atomic E-state index is 0.209. The maximum atomic E-state index is 12.9. The Morgan fingerprint density at radius 2 is 1.95 bits per heavy atom. The van der Waals surface area contributed by atoms with Gasteiger partial charge in [0.2, 0.25) is 5.95 Å². The van der Waals surface area contributed by atoms with E-state index < -0.39 is 11.7 Å². The Morgan fingerprint density at radius 1 is 1.24 bits per heavy atom. The summed E-state index contributed by atoms with van der Waals surface area (Å²) < 4.78 is 40.7. The first kappa shape index (κ1) is 15.4. The number of aromatic nitrogens is 2. The molecule has 2 aromatic rings. The first-order valence-electron chi connectivity index (χ1n) is 6.80. The van der Waals surface area contributed by atoms with E-state index in [-0.39, 0.29) is 5.56 Å². The molecule has 0 radical (unpaired) electrons. The van der Waals surface area contributed by atoms with Crippen LogP contribution in [0, 0.1) is 13.8 Å². The van der Waals surface area contributed by atoms with Gasteiger partial charge in [0.25, 0.3) is 0 Å². The van der Waals surface area contributed by atoms with Gasteiger partial charge in [-0.3, -0.25) is 0 Å². The SMILES string of the molecule is CCCn1cc(C)nc1Nc1ccc(C)c(C(F)(F)F)c1. The van der Waals surface area contributed by atoms with Crippen LogP contribution in [0.3, 0.4) is 0 Å². The van der Waals surface area contributed by atoms with E-state index >= 15 is 0 Å². The monoisotopic (exact) mass is 297 g/mol. The Morgan fingerprint density at radius 3 is 2.57 bits per heavy atom. The number of anilines is 2. The molecule has 21 heavy (non-hydrogen) atoms. The summed E-state index contributed by atoms with van der Waals surface area (Å²) in [5, 5.41) is 2.97. The molecule has 0 amide bonds. The number of hydrogen-bond acceptors (Lipinski definition) is 2. The van der Waals surface area contributed by atoms with Crippen molar-refractivity contribution in [1.29, 1.82) is 0 Å². The van der Waals surface area contributed by atoms with E-state index in [9.17, 15) is 13.2 Å². The molecule has 114 valence electrons. The molecule has 2 rings (SSSR count). The molecule has 0 saturated carbocycles. The van der Waals surface area contributed by atoms with Gasteiger partial charge in [0.15, 0.2) is 0 Å². The molecule has 1 aromatic heterocycles. The zero-order valence-corrected chi connectivity index (χ0v) is 12.3. The van der Waals surface area contributed by atoms with Crippen molar-refractivity contribution in [2.75, 3.05) is 5.32 Å². The summed E-state index contributed by atoms with van der Waals surface area (Å²) in [6, 6.07) is 4.21. The topological polar surface area (TPSA) is 29.9 Å². The fourth-order valence-corrected chi connectivity index (χ4v) is 2.19. The summed E-state index contributed by atoms with van der Waals surface area (Å²) >= 11 is 0. The van der Waals surface area contributed by atoms with Gasteiger partial charge in [-0.05, 0) is 38.0 Å². The largest absolute Gasteiger partial charge is 0.416 e. The van der Waals surface area contributed by atoms with E-state index in [1.165, 1.54) is 13.0 Å². The highest BCUT2D eigenvalue weighted by Gasteiger charge is 2.32. The van der Waals surface area contributed by atoms with Crippen LogP contribution in [0.4, 0.5) is 24.8 Å². The maximum absolute atomic E-state index is 12.9. The second-order valence-electron chi connectivity index (χ2n) is 5.05. The molecule has 0 aliphatic rings. The van der Waals surface area contributed by atoms with Gasteiger partial charge in [0, 0.05) is 18.4 Å². The smallest absolute Gasteiger partial charge is 0.326 e. The van der Waals surface area contributed by atoms with Gasteiger partial charge in [0.05, 0.1) is 11.3 Å². The molecule has 0 atom stereocenters. The molecule has 0 fully saturated rings. The number of rotatable bonds is 4. The van der Waals surface area contributed by atoms with Crippen molar-refractivity contribution < 1.29 is 13.2 Å². The van der Waals surface area contributed by atoms with E-state index in [1.54, 1.807) is 6.07 Å². The van der Waals surface area contributed by atoms with Crippen molar-refractivity contribution in [2.45, 2.75) is 39.9 Å². The molecular formula is C15H18F3N3. The van der Waals surface area contributed by atoms with Gasteiger partial charge >= 0.3 is 6.18 Å². The molecule has 3 nitrogen and oxygen atoms in total. The number of aryl methyl sites for hydroxylation is 3. The summed E-state index contributed by atoms with van der Waals surface area (Å²) in [5.41, 5.74) is 0.795. The van der Waals surface area contributed by atoms with Crippen LogP contribution in [-0.2, 0) is 12.7 Å². The Hall–Kier alpha value is -1.98. The van der Waals surface area contributed by atoms with Gasteiger partial charge in [-0.2, -0.15) is 13.2 Å². The van der Waals surface area contributed by atoms with Gasteiger partial charge in [-0.1, -0.05) is 13.0 Å². The Bertz CT molecular complexity index is 630. The average Bonchev–Trinajstić information content (AvgIpc) is 2.71. The molecule has 1 aromatic carbocycles. The lowest BCUT2D eigenvalue weighted by molar-refractivity contribution is -0.138. The molecule has 1 N–H and O–H groups in total. The molecule has 0 aliphatic heterocycles. The minimum Gasteiger partial charge on any atom is -0.326 e. The fourth-order valence-electron chi connectivity index (χ4n) is 2.19. The number of nitrogens with one attached hydrogen (secondary N) is 1. The summed E-state index contributed by atoms with van der Waals surface area (Å²) in [7, 11) is 0. The first-order valence-corrected chi connectivity index (χ1v) is 6.80. The van der Waals surface area contributed by atoms with E-state index in [1.807, 2.05) is 24.6 Å². The van der Waals surface area contributed by atoms with E-state index in [2.05, 4.69) is 10.3 Å². The van der Waals surface area contributed by atoms with Crippen LogP contribution in [0.1, 0.15) is 30.2 Å². The maximum Gasteiger partial charge on any atom is 0.416 e. The van der Waals surface area contributed by atoms with Crippen molar-refractivity contribution >= 4 is 11.6 Å². The van der Waals surface area contributed by atoms with Crippen molar-refractivity contribution in [1.82, 2.24) is 9.55 Å². The first-order chi connectivity index (χ1) is 9.81. The van der Waals surface area contributed by atoms with Crippen LogP contribution in [0.5, 0.6) is 0 Å². The van der Waals surface area contributed by atoms with Crippen LogP contribution >= 0.6 is 0 Å². The lowest BCUT2D eigenvalue weighted by Gasteiger charge is -2.13. The van der Waals surface area contributed by atoms with Crippen LogP contribution < -0.4 is 5.32 Å². The molecule has 0 aliphatic carbocycles. The van der Waals surface area contributed by atoms with Crippen molar-refractivity contribution in [3.63, 3.8) is 0 Å². The summed E-state index contributed by atoms with van der Waals surface area (Å²) in [6.07, 6.45) is -1.55. The second-order valence-corrected chi connectivity index (χ2v) is 5.05. The lowest BCUT2D eigenvalue weighted by atomic mass is 10.1. The summed E-state index contributed by atoms with van der Waals surface area (Å²) in [6.45, 7) is 6.11. The average molecular weight is 297 g/mol. The minimum atomic E-state index is -4.35. The lowest BCUT2D eigenvalue weighted by Crippen LogP contribution is -2.09.